The first kappa shape index (κ1) is 26.5. The number of nitrogens with one attached hydrogen (secondary N) is 2. The molecule has 2 aliphatic rings. The van der Waals surface area contributed by atoms with E-state index < -0.39 is 17.2 Å². The molecule has 2 fully saturated rings. The van der Waals surface area contributed by atoms with E-state index in [0.717, 1.165) is 18.4 Å². The van der Waals surface area contributed by atoms with Gasteiger partial charge in [-0.15, -0.1) is 10.3 Å². The van der Waals surface area contributed by atoms with E-state index in [4.69, 9.17) is 4.74 Å². The Balaban J connectivity index is 1.48. The molecule has 1 aliphatic heterocycles. The third-order valence-electron chi connectivity index (χ3n) is 7.14. The van der Waals surface area contributed by atoms with E-state index in [9.17, 15) is 14.8 Å². The number of ether oxygens (including phenoxy) is 1. The maximum absolute atomic E-state index is 12.8. The topological polar surface area (TPSA) is 90.6 Å². The summed E-state index contributed by atoms with van der Waals surface area (Å²) in [6.07, 6.45) is 3.12. The minimum absolute atomic E-state index is 0.00236. The smallest absolute Gasteiger partial charge is 0.407 e. The summed E-state index contributed by atoms with van der Waals surface area (Å²) in [5.41, 5.74) is -0.0595. The molecule has 1 aromatic carbocycles. The fourth-order valence-electron chi connectivity index (χ4n) is 5.65. The number of carbonyl (C=O) groups is 2. The molecule has 34 heavy (non-hydrogen) atoms. The van der Waals surface area contributed by atoms with Gasteiger partial charge in [0.15, 0.2) is 0 Å². The zero-order chi connectivity index (χ0) is 25.1. The van der Waals surface area contributed by atoms with E-state index in [1.165, 1.54) is 5.06 Å². The molecule has 0 aromatic heterocycles. The Hall–Kier alpha value is -2.12. The predicted molar refractivity (Wildman–Crippen MR) is 131 cm³/mol. The molecule has 2 unspecified atom stereocenters. The van der Waals surface area contributed by atoms with Gasteiger partial charge in [0.25, 0.3) is 0 Å². The van der Waals surface area contributed by atoms with Crippen LogP contribution in [0.5, 0.6) is 0 Å². The normalized spacial score (nSPS) is 24.9. The van der Waals surface area contributed by atoms with Gasteiger partial charge in [0.05, 0.1) is 0 Å². The van der Waals surface area contributed by atoms with Crippen LogP contribution >= 0.6 is 0 Å². The number of hydroxylamine groups is 2. The maximum Gasteiger partial charge on any atom is 0.407 e. The molecule has 1 aromatic rings. The minimum atomic E-state index is -0.506. The Labute approximate surface area is 204 Å². The summed E-state index contributed by atoms with van der Waals surface area (Å²) in [4.78, 5) is 25.3. The average Bonchev–Trinajstić information content (AvgIpc) is 3.49. The molecule has 3 rings (SSSR count). The van der Waals surface area contributed by atoms with Crippen molar-refractivity contribution >= 4 is 12.0 Å². The Morgan fingerprint density at radius 1 is 1.09 bits per heavy atom. The van der Waals surface area contributed by atoms with Crippen LogP contribution in [-0.2, 0) is 21.3 Å². The van der Waals surface area contributed by atoms with Crippen molar-refractivity contribution in [3.8, 4) is 0 Å². The Kier molecular flexibility index (Phi) is 8.30. The molecule has 0 bridgehead atoms. The highest BCUT2D eigenvalue weighted by molar-refractivity contribution is 5.77. The van der Waals surface area contributed by atoms with E-state index in [1.807, 2.05) is 58.0 Å². The van der Waals surface area contributed by atoms with E-state index in [1.54, 1.807) is 0 Å². The summed E-state index contributed by atoms with van der Waals surface area (Å²) in [6.45, 7) is 12.3. The molecule has 1 saturated heterocycles. The van der Waals surface area contributed by atoms with Crippen molar-refractivity contribution < 1.29 is 19.5 Å². The van der Waals surface area contributed by atoms with Gasteiger partial charge in [-0.2, -0.15) is 0 Å². The van der Waals surface area contributed by atoms with Crippen LogP contribution in [0.3, 0.4) is 0 Å². The van der Waals surface area contributed by atoms with Gasteiger partial charge >= 0.3 is 6.09 Å². The van der Waals surface area contributed by atoms with Gasteiger partial charge in [-0.3, -0.25) is 4.79 Å². The largest absolute Gasteiger partial charge is 0.445 e. The van der Waals surface area contributed by atoms with Crippen molar-refractivity contribution in [1.29, 1.82) is 0 Å². The second-order valence-corrected chi connectivity index (χ2v) is 11.9. The summed E-state index contributed by atoms with van der Waals surface area (Å²) >= 11 is 0. The maximum atomic E-state index is 12.8. The second kappa shape index (κ2) is 10.6. The minimum Gasteiger partial charge on any atom is -0.445 e. The molecule has 0 spiro atoms. The lowest BCUT2D eigenvalue weighted by atomic mass is 9.79. The third kappa shape index (κ3) is 7.19. The SMILES string of the molecule is CC(C)C[C@H](NC(=O)OCc1ccccc1)C1CC1CC(=O)NC1CC(C)(C)N([O])C(C)(C)C1. The number of amides is 2. The van der Waals surface area contributed by atoms with Crippen LogP contribution in [0.2, 0.25) is 0 Å². The lowest BCUT2D eigenvalue weighted by Gasteiger charge is -2.50. The molecule has 1 saturated carbocycles. The fourth-order valence-corrected chi connectivity index (χ4v) is 5.65. The second-order valence-electron chi connectivity index (χ2n) is 11.9. The Bertz CT molecular complexity index is 822. The first-order valence-electron chi connectivity index (χ1n) is 12.6. The third-order valence-corrected chi connectivity index (χ3v) is 7.14. The number of piperidine rings is 1. The van der Waals surface area contributed by atoms with Gasteiger partial charge in [-0.25, -0.2) is 4.79 Å². The van der Waals surface area contributed by atoms with E-state index >= 15 is 0 Å². The number of nitrogens with zero attached hydrogens (tertiary/aromatic N) is 1. The zero-order valence-electron chi connectivity index (χ0n) is 21.6. The molecule has 7 heteroatoms. The quantitative estimate of drug-likeness (QED) is 0.538. The van der Waals surface area contributed by atoms with Gasteiger partial charge in [0.2, 0.25) is 5.91 Å². The molecular weight excluding hydrogens is 430 g/mol. The molecule has 2 amide bonds. The summed E-state index contributed by atoms with van der Waals surface area (Å²) in [6, 6.07) is 9.63. The predicted octanol–water partition coefficient (Wildman–Crippen LogP) is 4.84. The molecule has 189 valence electrons. The zero-order valence-corrected chi connectivity index (χ0v) is 21.6. The molecule has 1 radical (unpaired) electrons. The van der Waals surface area contributed by atoms with Crippen molar-refractivity contribution in [3.63, 3.8) is 0 Å². The van der Waals surface area contributed by atoms with Crippen LogP contribution in [-0.4, -0.2) is 40.2 Å². The highest BCUT2D eigenvalue weighted by atomic mass is 16.5. The van der Waals surface area contributed by atoms with Crippen LogP contribution in [0.15, 0.2) is 30.3 Å². The molecule has 1 heterocycles. The lowest BCUT2D eigenvalue weighted by molar-refractivity contribution is -0.290. The van der Waals surface area contributed by atoms with E-state index in [-0.39, 0.29) is 36.4 Å². The number of rotatable bonds is 9. The Morgan fingerprint density at radius 2 is 1.71 bits per heavy atom. The highest BCUT2D eigenvalue weighted by Gasteiger charge is 2.48. The summed E-state index contributed by atoms with van der Waals surface area (Å²) < 4.78 is 5.42. The van der Waals surface area contributed by atoms with E-state index in [0.29, 0.717) is 25.2 Å². The van der Waals surface area contributed by atoms with Gasteiger partial charge < -0.3 is 15.4 Å². The number of hydrogen-bond donors (Lipinski definition) is 2. The van der Waals surface area contributed by atoms with Gasteiger partial charge in [0, 0.05) is 29.6 Å². The molecule has 3 atom stereocenters. The first-order valence-corrected chi connectivity index (χ1v) is 12.6. The molecule has 7 nitrogen and oxygen atoms in total. The fraction of sp³-hybridized carbons (Fsp3) is 0.704. The Morgan fingerprint density at radius 3 is 2.29 bits per heavy atom. The average molecular weight is 473 g/mol. The van der Waals surface area contributed by atoms with Crippen molar-refractivity contribution in [3.05, 3.63) is 35.9 Å². The number of carbonyl (C=O) groups excluding carboxylic acids is 2. The summed E-state index contributed by atoms with van der Waals surface area (Å²) in [5.74, 6) is 1.02. The summed E-state index contributed by atoms with van der Waals surface area (Å²) in [7, 11) is 0. The van der Waals surface area contributed by atoms with Crippen molar-refractivity contribution in [2.45, 2.75) is 103 Å². The van der Waals surface area contributed by atoms with Gasteiger partial charge in [-0.05, 0) is 76.7 Å². The van der Waals surface area contributed by atoms with Crippen LogP contribution in [0.25, 0.3) is 0 Å². The monoisotopic (exact) mass is 472 g/mol. The van der Waals surface area contributed by atoms with Crippen LogP contribution in [0.4, 0.5) is 4.79 Å². The van der Waals surface area contributed by atoms with Gasteiger partial charge in [-0.1, -0.05) is 44.2 Å². The lowest BCUT2D eigenvalue weighted by Crippen LogP contribution is -2.62. The van der Waals surface area contributed by atoms with Gasteiger partial charge in [0.1, 0.15) is 6.61 Å². The standard InChI is InChI=1S/C27H42N3O4/c1-18(2)12-23(29-25(32)34-17-19-10-8-7-9-11-19)22-13-20(22)14-24(31)28-21-15-26(3,4)30(33)27(5,6)16-21/h7-11,18,20-23H,12-17H2,1-6H3,(H,28,31)(H,29,32)/t20?,22?,23-/m0/s1. The van der Waals surface area contributed by atoms with Crippen LogP contribution in [0.1, 0.15) is 79.2 Å². The summed E-state index contributed by atoms with van der Waals surface area (Å²) in [5, 5.41) is 20.0. The molecule has 1 aliphatic carbocycles. The number of benzene rings is 1. The molecular formula is C27H42N3O4. The highest BCUT2D eigenvalue weighted by Crippen LogP contribution is 2.45. The van der Waals surface area contributed by atoms with Crippen LogP contribution < -0.4 is 10.6 Å². The molecule has 2 N–H and O–H groups in total. The van der Waals surface area contributed by atoms with Crippen molar-refractivity contribution in [1.82, 2.24) is 15.7 Å². The number of alkyl carbamates (subject to hydrolysis) is 1. The van der Waals surface area contributed by atoms with Crippen molar-refractivity contribution in [2.75, 3.05) is 0 Å². The number of hydrogen-bond acceptors (Lipinski definition) is 4. The van der Waals surface area contributed by atoms with Crippen molar-refractivity contribution in [2.24, 2.45) is 17.8 Å². The first-order chi connectivity index (χ1) is 15.9. The van der Waals surface area contributed by atoms with E-state index in [2.05, 4.69) is 24.5 Å². The van der Waals surface area contributed by atoms with Crippen LogP contribution in [0, 0.1) is 17.8 Å².